The molecule has 1 aromatic heterocycles. The number of benzene rings is 2. The van der Waals surface area contributed by atoms with Crippen molar-refractivity contribution >= 4 is 17.8 Å². The topological polar surface area (TPSA) is 129 Å². The van der Waals surface area contributed by atoms with E-state index in [1.54, 1.807) is 22.9 Å². The Labute approximate surface area is 227 Å². The number of carbonyl (C=O) groups excluding carboxylic acids is 2. The van der Waals surface area contributed by atoms with Gasteiger partial charge in [0.05, 0.1) is 16.7 Å². The van der Waals surface area contributed by atoms with Crippen LogP contribution in [-0.2, 0) is 35.5 Å². The molecule has 2 aromatic carbocycles. The van der Waals surface area contributed by atoms with E-state index in [0.29, 0.717) is 64.8 Å². The van der Waals surface area contributed by atoms with Crippen LogP contribution >= 0.6 is 0 Å². The Kier molecular flexibility index (Phi) is 8.02. The van der Waals surface area contributed by atoms with Gasteiger partial charge in [0.25, 0.3) is 0 Å². The summed E-state index contributed by atoms with van der Waals surface area (Å²) in [5.74, 6) is -1.27. The first-order valence-corrected chi connectivity index (χ1v) is 13.5. The number of carboxylic acid groups (broad SMARTS) is 1. The van der Waals surface area contributed by atoms with Gasteiger partial charge in [0.2, 0.25) is 11.8 Å². The van der Waals surface area contributed by atoms with E-state index in [1.165, 1.54) is 0 Å². The van der Waals surface area contributed by atoms with Gasteiger partial charge in [-0.25, -0.2) is 4.79 Å². The van der Waals surface area contributed by atoms with Crippen LogP contribution in [0.1, 0.15) is 46.4 Å². The summed E-state index contributed by atoms with van der Waals surface area (Å²) in [5, 5.41) is 24.0. The largest absolute Gasteiger partial charge is 0.478 e. The molecule has 2 amide bonds. The molecule has 0 aliphatic carbocycles. The maximum atomic E-state index is 14.0. The third-order valence-electron chi connectivity index (χ3n) is 7.75. The van der Waals surface area contributed by atoms with E-state index in [1.807, 2.05) is 42.6 Å². The van der Waals surface area contributed by atoms with Crippen LogP contribution in [0.25, 0.3) is 0 Å². The van der Waals surface area contributed by atoms with Gasteiger partial charge < -0.3 is 15.7 Å². The van der Waals surface area contributed by atoms with Gasteiger partial charge in [-0.05, 0) is 55.6 Å². The number of amides is 2. The zero-order chi connectivity index (χ0) is 27.2. The number of aryl methyl sites for hydroxylation is 1. The molecule has 10 heteroatoms. The van der Waals surface area contributed by atoms with E-state index in [-0.39, 0.29) is 17.4 Å². The van der Waals surface area contributed by atoms with Gasteiger partial charge >= 0.3 is 5.97 Å². The Morgan fingerprint density at radius 1 is 1.03 bits per heavy atom. The number of hydrogen-bond acceptors (Lipinski definition) is 6. The number of piperidine rings is 1. The lowest BCUT2D eigenvalue weighted by atomic mass is 9.73. The Balaban J connectivity index is 1.36. The molecule has 2 aliphatic rings. The van der Waals surface area contributed by atoms with Crippen molar-refractivity contribution in [2.75, 3.05) is 19.6 Å². The minimum absolute atomic E-state index is 0.139. The SMILES string of the molecule is O=C(O)c1cccc(CN2CCC3(CC2)Cc2cn(nn2)CCCNC(=O)[C@H](Cc2ccccc2)NC3=O)c1. The lowest BCUT2D eigenvalue weighted by molar-refractivity contribution is -0.137. The van der Waals surface area contributed by atoms with Crippen molar-refractivity contribution in [2.24, 2.45) is 5.41 Å². The fraction of sp³-hybridized carbons (Fsp3) is 0.414. The van der Waals surface area contributed by atoms with E-state index >= 15 is 0 Å². The molecule has 3 aromatic rings. The van der Waals surface area contributed by atoms with Crippen molar-refractivity contribution in [3.63, 3.8) is 0 Å². The molecule has 2 aliphatic heterocycles. The number of nitrogens with one attached hydrogen (secondary N) is 2. The number of aromatic carboxylic acids is 1. The maximum Gasteiger partial charge on any atom is 0.335 e. The summed E-state index contributed by atoms with van der Waals surface area (Å²) in [6.07, 6.45) is 4.65. The number of rotatable bonds is 5. The van der Waals surface area contributed by atoms with Gasteiger partial charge in [-0.2, -0.15) is 0 Å². The minimum atomic E-state index is -0.947. The molecule has 3 N–H and O–H groups in total. The Morgan fingerprint density at radius 3 is 2.56 bits per heavy atom. The second kappa shape index (κ2) is 11.8. The number of likely N-dealkylation sites (tertiary alicyclic amines) is 1. The Morgan fingerprint density at radius 2 is 1.79 bits per heavy atom. The third kappa shape index (κ3) is 6.51. The highest BCUT2D eigenvalue weighted by Gasteiger charge is 2.43. The molecule has 39 heavy (non-hydrogen) atoms. The van der Waals surface area contributed by atoms with E-state index in [4.69, 9.17) is 0 Å². The molecule has 10 nitrogen and oxygen atoms in total. The van der Waals surface area contributed by atoms with Crippen molar-refractivity contribution < 1.29 is 19.5 Å². The third-order valence-corrected chi connectivity index (χ3v) is 7.75. The first kappa shape index (κ1) is 26.6. The van der Waals surface area contributed by atoms with Crippen molar-refractivity contribution in [3.8, 4) is 0 Å². The molecule has 3 heterocycles. The molecule has 1 atom stereocenters. The smallest absolute Gasteiger partial charge is 0.335 e. The minimum Gasteiger partial charge on any atom is -0.478 e. The molecule has 1 spiro atoms. The lowest BCUT2D eigenvalue weighted by Gasteiger charge is -2.41. The summed E-state index contributed by atoms with van der Waals surface area (Å²) in [6, 6.07) is 16.0. The molecule has 0 saturated carbocycles. The molecule has 0 unspecified atom stereocenters. The molecule has 0 radical (unpaired) electrons. The van der Waals surface area contributed by atoms with Crippen molar-refractivity contribution in [1.29, 1.82) is 0 Å². The zero-order valence-corrected chi connectivity index (χ0v) is 21.9. The van der Waals surface area contributed by atoms with Gasteiger partial charge in [0.15, 0.2) is 0 Å². The van der Waals surface area contributed by atoms with E-state index < -0.39 is 17.4 Å². The summed E-state index contributed by atoms with van der Waals surface area (Å²) >= 11 is 0. The van der Waals surface area contributed by atoms with Crippen LogP contribution in [0.15, 0.2) is 60.8 Å². The van der Waals surface area contributed by atoms with Crippen molar-refractivity contribution in [1.82, 2.24) is 30.5 Å². The Hall–Kier alpha value is -4.05. The van der Waals surface area contributed by atoms with E-state index in [9.17, 15) is 19.5 Å². The molecule has 2 bridgehead atoms. The number of hydrogen-bond donors (Lipinski definition) is 3. The fourth-order valence-electron chi connectivity index (χ4n) is 5.51. The van der Waals surface area contributed by atoms with Gasteiger partial charge in [0.1, 0.15) is 6.04 Å². The number of aromatic nitrogens is 3. The molecule has 1 fully saturated rings. The zero-order valence-electron chi connectivity index (χ0n) is 21.9. The van der Waals surface area contributed by atoms with Gasteiger partial charge in [-0.1, -0.05) is 47.7 Å². The van der Waals surface area contributed by atoms with Crippen LogP contribution in [-0.4, -0.2) is 68.5 Å². The van der Waals surface area contributed by atoms with Gasteiger partial charge in [-0.15, -0.1) is 5.10 Å². The average Bonchev–Trinajstić information content (AvgIpc) is 3.39. The standard InChI is InChI=1S/C29H34N6O4/c36-26-25(17-21-6-2-1-3-7-21)31-28(39)29(18-24-20-35(33-32-24)13-5-12-30-26)10-14-34(15-11-29)19-22-8-4-9-23(16-22)27(37)38/h1-4,6-9,16,20,25H,5,10-15,17-19H2,(H,30,36)(H,31,39)(H,37,38)/t25-/m0/s1. The first-order chi connectivity index (χ1) is 18.9. The molecule has 204 valence electrons. The Bertz CT molecular complexity index is 1320. The second-order valence-corrected chi connectivity index (χ2v) is 10.6. The monoisotopic (exact) mass is 530 g/mol. The quantitative estimate of drug-likeness (QED) is 0.460. The van der Waals surface area contributed by atoms with Crippen LogP contribution in [0.3, 0.4) is 0 Å². The molecule has 5 rings (SSSR count). The highest BCUT2D eigenvalue weighted by atomic mass is 16.4. The first-order valence-electron chi connectivity index (χ1n) is 13.5. The number of nitrogens with zero attached hydrogens (tertiary/aromatic N) is 4. The van der Waals surface area contributed by atoms with Crippen LogP contribution in [0.4, 0.5) is 0 Å². The summed E-state index contributed by atoms with van der Waals surface area (Å²) < 4.78 is 1.77. The number of fused-ring (bicyclic) bond motifs is 2. The number of carbonyl (C=O) groups is 3. The second-order valence-electron chi connectivity index (χ2n) is 10.6. The normalized spacial score (nSPS) is 20.3. The lowest BCUT2D eigenvalue weighted by Crippen LogP contribution is -2.56. The van der Waals surface area contributed by atoms with Crippen molar-refractivity contribution in [3.05, 3.63) is 83.2 Å². The highest BCUT2D eigenvalue weighted by molar-refractivity contribution is 5.90. The van der Waals surface area contributed by atoms with E-state index in [0.717, 1.165) is 16.8 Å². The average molecular weight is 531 g/mol. The van der Waals surface area contributed by atoms with Gasteiger partial charge in [0, 0.05) is 38.7 Å². The molecular formula is C29H34N6O4. The highest BCUT2D eigenvalue weighted by Crippen LogP contribution is 2.36. The van der Waals surface area contributed by atoms with Crippen LogP contribution in [0.5, 0.6) is 0 Å². The van der Waals surface area contributed by atoms with Crippen LogP contribution in [0, 0.1) is 5.41 Å². The summed E-state index contributed by atoms with van der Waals surface area (Å²) in [6.45, 7) is 3.05. The van der Waals surface area contributed by atoms with Crippen LogP contribution < -0.4 is 10.6 Å². The van der Waals surface area contributed by atoms with E-state index in [2.05, 4.69) is 25.8 Å². The summed E-state index contributed by atoms with van der Waals surface area (Å²) in [5.41, 5.74) is 2.21. The number of carboxylic acids is 1. The maximum absolute atomic E-state index is 14.0. The fourth-order valence-corrected chi connectivity index (χ4v) is 5.51. The predicted octanol–water partition coefficient (Wildman–Crippen LogP) is 2.05. The molecular weight excluding hydrogens is 496 g/mol. The summed E-state index contributed by atoms with van der Waals surface area (Å²) in [4.78, 5) is 40.8. The summed E-state index contributed by atoms with van der Waals surface area (Å²) in [7, 11) is 0. The predicted molar refractivity (Wildman–Crippen MR) is 144 cm³/mol. The molecule has 1 saturated heterocycles. The van der Waals surface area contributed by atoms with Crippen molar-refractivity contribution in [2.45, 2.75) is 51.2 Å². The van der Waals surface area contributed by atoms with Crippen LogP contribution in [0.2, 0.25) is 0 Å². The van der Waals surface area contributed by atoms with Gasteiger partial charge in [-0.3, -0.25) is 19.2 Å².